The number of anilines is 1. The number of benzene rings is 1. The van der Waals surface area contributed by atoms with Crippen molar-refractivity contribution >= 4 is 28.9 Å². The van der Waals surface area contributed by atoms with Gasteiger partial charge in [-0.05, 0) is 18.2 Å². The van der Waals surface area contributed by atoms with Crippen LogP contribution < -0.4 is 10.1 Å². The fourth-order valence-corrected chi connectivity index (χ4v) is 2.08. The maximum absolute atomic E-state index is 13.3. The zero-order valence-corrected chi connectivity index (χ0v) is 11.6. The van der Waals surface area contributed by atoms with E-state index in [1.54, 1.807) is 13.3 Å². The molecule has 0 bridgehead atoms. The van der Waals surface area contributed by atoms with Crippen molar-refractivity contribution in [1.29, 1.82) is 0 Å². The van der Waals surface area contributed by atoms with Crippen LogP contribution in [0.1, 0.15) is 5.56 Å². The number of hydrogen-bond donors (Lipinski definition) is 1. The number of hydrogen-bond acceptors (Lipinski definition) is 3. The zero-order valence-electron chi connectivity index (χ0n) is 10.1. The topological polar surface area (TPSA) is 34.1 Å². The first-order valence-electron chi connectivity index (χ1n) is 5.48. The SMILES string of the molecule is COc1ncccc1CNc1cc(Cl)c(F)c(Cl)c1. The number of pyridine rings is 1. The van der Waals surface area contributed by atoms with Crippen LogP contribution in [-0.2, 0) is 6.54 Å². The molecule has 2 aromatic rings. The largest absolute Gasteiger partial charge is 0.481 e. The molecular weight excluding hydrogens is 290 g/mol. The molecule has 0 aliphatic rings. The van der Waals surface area contributed by atoms with Crippen molar-refractivity contribution < 1.29 is 9.13 Å². The van der Waals surface area contributed by atoms with Crippen LogP contribution in [0, 0.1) is 5.82 Å². The van der Waals surface area contributed by atoms with E-state index in [9.17, 15) is 4.39 Å². The van der Waals surface area contributed by atoms with Crippen molar-refractivity contribution in [1.82, 2.24) is 4.98 Å². The van der Waals surface area contributed by atoms with Crippen molar-refractivity contribution in [3.8, 4) is 5.88 Å². The smallest absolute Gasteiger partial charge is 0.218 e. The summed E-state index contributed by atoms with van der Waals surface area (Å²) in [5, 5.41) is 3.05. The summed E-state index contributed by atoms with van der Waals surface area (Å²) >= 11 is 11.4. The molecule has 0 saturated heterocycles. The zero-order chi connectivity index (χ0) is 13.8. The minimum Gasteiger partial charge on any atom is -0.481 e. The highest BCUT2D eigenvalue weighted by Gasteiger charge is 2.08. The summed E-state index contributed by atoms with van der Waals surface area (Å²) in [7, 11) is 1.55. The summed E-state index contributed by atoms with van der Waals surface area (Å²) in [6, 6.07) is 6.65. The van der Waals surface area contributed by atoms with Crippen LogP contribution in [0.4, 0.5) is 10.1 Å². The van der Waals surface area contributed by atoms with Gasteiger partial charge in [-0.15, -0.1) is 0 Å². The van der Waals surface area contributed by atoms with Crippen LogP contribution in [0.3, 0.4) is 0 Å². The van der Waals surface area contributed by atoms with Crippen molar-refractivity contribution in [2.24, 2.45) is 0 Å². The van der Waals surface area contributed by atoms with Gasteiger partial charge < -0.3 is 10.1 Å². The first-order chi connectivity index (χ1) is 9.11. The summed E-state index contributed by atoms with van der Waals surface area (Å²) in [5.41, 5.74) is 1.50. The lowest BCUT2D eigenvalue weighted by molar-refractivity contribution is 0.393. The molecule has 1 heterocycles. The molecule has 0 unspecified atom stereocenters. The Bertz CT molecular complexity index is 570. The van der Waals surface area contributed by atoms with E-state index in [1.807, 2.05) is 12.1 Å². The summed E-state index contributed by atoms with van der Waals surface area (Å²) in [5.74, 6) is -0.0813. The van der Waals surface area contributed by atoms with E-state index in [0.29, 0.717) is 18.1 Å². The minimum absolute atomic E-state index is 0.0202. The molecule has 0 radical (unpaired) electrons. The van der Waals surface area contributed by atoms with Crippen molar-refractivity contribution in [2.75, 3.05) is 12.4 Å². The normalized spacial score (nSPS) is 10.3. The molecule has 0 atom stereocenters. The lowest BCUT2D eigenvalue weighted by Gasteiger charge is -2.10. The van der Waals surface area contributed by atoms with Gasteiger partial charge in [-0.3, -0.25) is 0 Å². The molecule has 19 heavy (non-hydrogen) atoms. The van der Waals surface area contributed by atoms with Crippen LogP contribution >= 0.6 is 23.2 Å². The Balaban J connectivity index is 2.15. The Morgan fingerprint density at radius 2 is 2.00 bits per heavy atom. The maximum atomic E-state index is 13.3. The molecule has 0 spiro atoms. The van der Waals surface area contributed by atoms with E-state index in [-0.39, 0.29) is 10.0 Å². The van der Waals surface area contributed by atoms with Crippen molar-refractivity contribution in [2.45, 2.75) is 6.54 Å². The summed E-state index contributed by atoms with van der Waals surface area (Å²) in [4.78, 5) is 4.08. The molecule has 6 heteroatoms. The average molecular weight is 301 g/mol. The predicted octanol–water partition coefficient (Wildman–Crippen LogP) is 4.15. The highest BCUT2D eigenvalue weighted by molar-refractivity contribution is 6.35. The van der Waals surface area contributed by atoms with Crippen molar-refractivity contribution in [3.05, 3.63) is 51.9 Å². The highest BCUT2D eigenvalue weighted by Crippen LogP contribution is 2.28. The van der Waals surface area contributed by atoms with Gasteiger partial charge in [0.2, 0.25) is 5.88 Å². The first-order valence-corrected chi connectivity index (χ1v) is 6.23. The van der Waals surface area contributed by atoms with Gasteiger partial charge in [-0.1, -0.05) is 29.3 Å². The average Bonchev–Trinajstić information content (AvgIpc) is 2.42. The molecule has 0 saturated carbocycles. The van der Waals surface area contributed by atoms with Crippen LogP contribution in [0.2, 0.25) is 10.0 Å². The van der Waals surface area contributed by atoms with E-state index in [4.69, 9.17) is 27.9 Å². The van der Waals surface area contributed by atoms with E-state index in [1.165, 1.54) is 12.1 Å². The quantitative estimate of drug-likeness (QED) is 0.861. The maximum Gasteiger partial charge on any atom is 0.218 e. The van der Waals surface area contributed by atoms with Crippen LogP contribution in [0.5, 0.6) is 5.88 Å². The molecule has 1 aromatic carbocycles. The Morgan fingerprint density at radius 3 is 2.63 bits per heavy atom. The van der Waals surface area contributed by atoms with Crippen LogP contribution in [-0.4, -0.2) is 12.1 Å². The molecule has 1 N–H and O–H groups in total. The van der Waals surface area contributed by atoms with E-state index in [2.05, 4.69) is 10.3 Å². The Labute approximate surface area is 120 Å². The third-order valence-corrected chi connectivity index (χ3v) is 3.06. The second kappa shape index (κ2) is 6.08. The van der Waals surface area contributed by atoms with Gasteiger partial charge in [-0.25, -0.2) is 9.37 Å². The second-order valence-electron chi connectivity index (χ2n) is 3.78. The third kappa shape index (κ3) is 3.28. The van der Waals surface area contributed by atoms with Gasteiger partial charge in [0.25, 0.3) is 0 Å². The molecule has 0 amide bonds. The number of halogens is 3. The van der Waals surface area contributed by atoms with Gasteiger partial charge in [0.15, 0.2) is 5.82 Å². The molecular formula is C13H11Cl2FN2O. The fraction of sp³-hybridized carbons (Fsp3) is 0.154. The highest BCUT2D eigenvalue weighted by atomic mass is 35.5. The van der Waals surface area contributed by atoms with E-state index in [0.717, 1.165) is 5.56 Å². The molecule has 0 aliphatic heterocycles. The number of nitrogens with zero attached hydrogens (tertiary/aromatic N) is 1. The summed E-state index contributed by atoms with van der Waals surface area (Å²) < 4.78 is 18.4. The minimum atomic E-state index is -0.618. The molecule has 3 nitrogen and oxygen atoms in total. The van der Waals surface area contributed by atoms with Gasteiger partial charge in [0.1, 0.15) is 0 Å². The van der Waals surface area contributed by atoms with Gasteiger partial charge in [-0.2, -0.15) is 0 Å². The monoisotopic (exact) mass is 300 g/mol. The Hall–Kier alpha value is -1.52. The van der Waals surface area contributed by atoms with E-state index < -0.39 is 5.82 Å². The summed E-state index contributed by atoms with van der Waals surface area (Å²) in [6.07, 6.45) is 1.65. The predicted molar refractivity (Wildman–Crippen MR) is 74.5 cm³/mol. The standard InChI is InChI=1S/C13H11Cl2FN2O/c1-19-13-8(3-2-4-17-13)7-18-9-5-10(14)12(16)11(15)6-9/h2-6,18H,7H2,1H3. The Morgan fingerprint density at radius 1 is 1.32 bits per heavy atom. The third-order valence-electron chi connectivity index (χ3n) is 2.51. The number of aromatic nitrogens is 1. The molecule has 0 aliphatic carbocycles. The number of rotatable bonds is 4. The van der Waals surface area contributed by atoms with Gasteiger partial charge >= 0.3 is 0 Å². The molecule has 100 valence electrons. The molecule has 1 aromatic heterocycles. The van der Waals surface area contributed by atoms with Gasteiger partial charge in [0, 0.05) is 24.0 Å². The lowest BCUT2D eigenvalue weighted by atomic mass is 10.2. The summed E-state index contributed by atoms with van der Waals surface area (Å²) in [6.45, 7) is 0.468. The molecule has 2 rings (SSSR count). The van der Waals surface area contributed by atoms with Crippen LogP contribution in [0.25, 0.3) is 0 Å². The fourth-order valence-electron chi connectivity index (χ4n) is 1.60. The first kappa shape index (κ1) is 13.9. The molecule has 0 fully saturated rings. The Kier molecular flexibility index (Phi) is 4.45. The van der Waals surface area contributed by atoms with E-state index >= 15 is 0 Å². The number of nitrogens with one attached hydrogen (secondary N) is 1. The van der Waals surface area contributed by atoms with Crippen molar-refractivity contribution in [3.63, 3.8) is 0 Å². The van der Waals surface area contributed by atoms with Crippen LogP contribution in [0.15, 0.2) is 30.5 Å². The number of methoxy groups -OCH3 is 1. The number of ether oxygens (including phenoxy) is 1. The lowest BCUT2D eigenvalue weighted by Crippen LogP contribution is -2.03. The van der Waals surface area contributed by atoms with Gasteiger partial charge in [0.05, 0.1) is 17.2 Å². The second-order valence-corrected chi connectivity index (χ2v) is 4.59.